The van der Waals surface area contributed by atoms with Crippen LogP contribution in [-0.2, 0) is 12.3 Å². The normalized spacial score (nSPS) is 16.0. The first-order valence-electron chi connectivity index (χ1n) is 7.65. The van der Waals surface area contributed by atoms with Gasteiger partial charge in [0, 0.05) is 17.4 Å². The fourth-order valence-corrected chi connectivity index (χ4v) is 3.08. The topological polar surface area (TPSA) is 12.9 Å². The predicted octanol–water partition coefficient (Wildman–Crippen LogP) is 5.36. The van der Waals surface area contributed by atoms with Crippen molar-refractivity contribution >= 4 is 16.5 Å². The number of nitrogens with zero attached hydrogens (tertiary/aromatic N) is 1. The molecular formula is C20H15F2N. The van der Waals surface area contributed by atoms with Gasteiger partial charge in [-0.2, -0.15) is 8.78 Å². The summed E-state index contributed by atoms with van der Waals surface area (Å²) < 4.78 is 28.7. The van der Waals surface area contributed by atoms with Crippen molar-refractivity contribution in [3.05, 3.63) is 83.6 Å². The van der Waals surface area contributed by atoms with Crippen molar-refractivity contribution in [3.63, 3.8) is 0 Å². The second-order valence-electron chi connectivity index (χ2n) is 5.88. The molecule has 114 valence electrons. The van der Waals surface area contributed by atoms with Crippen molar-refractivity contribution in [2.45, 2.75) is 18.8 Å². The summed E-state index contributed by atoms with van der Waals surface area (Å²) in [6.07, 6.45) is 2.02. The van der Waals surface area contributed by atoms with E-state index in [2.05, 4.69) is 4.98 Å². The monoisotopic (exact) mass is 307 g/mol. The van der Waals surface area contributed by atoms with Crippen LogP contribution in [0.5, 0.6) is 0 Å². The molecule has 2 aromatic carbocycles. The number of rotatable bonds is 2. The van der Waals surface area contributed by atoms with Gasteiger partial charge in [-0.25, -0.2) is 4.98 Å². The molecule has 0 radical (unpaired) electrons. The highest BCUT2D eigenvalue weighted by atomic mass is 19.3. The number of hydrogen-bond acceptors (Lipinski definition) is 1. The van der Waals surface area contributed by atoms with Crippen LogP contribution in [0.1, 0.15) is 23.2 Å². The number of alkyl halides is 2. The van der Waals surface area contributed by atoms with E-state index in [-0.39, 0.29) is 12.1 Å². The third-order valence-electron chi connectivity index (χ3n) is 4.26. The second kappa shape index (κ2) is 5.27. The molecule has 0 amide bonds. The van der Waals surface area contributed by atoms with Crippen molar-refractivity contribution in [2.24, 2.45) is 0 Å². The summed E-state index contributed by atoms with van der Waals surface area (Å²) in [5.74, 6) is -2.90. The minimum absolute atomic E-state index is 0.0929. The molecule has 0 fully saturated rings. The van der Waals surface area contributed by atoms with Gasteiger partial charge in [-0.1, -0.05) is 54.6 Å². The van der Waals surface area contributed by atoms with Gasteiger partial charge in [-0.15, -0.1) is 0 Å². The van der Waals surface area contributed by atoms with Gasteiger partial charge < -0.3 is 0 Å². The molecule has 3 aromatic rings. The van der Waals surface area contributed by atoms with Crippen LogP contribution in [-0.4, -0.2) is 4.98 Å². The Labute approximate surface area is 133 Å². The van der Waals surface area contributed by atoms with Crippen molar-refractivity contribution in [1.29, 1.82) is 0 Å². The molecule has 3 heteroatoms. The summed E-state index contributed by atoms with van der Waals surface area (Å²) in [7, 11) is 0. The zero-order chi connectivity index (χ0) is 15.9. The summed E-state index contributed by atoms with van der Waals surface area (Å²) in [5.41, 5.74) is 3.14. The van der Waals surface area contributed by atoms with E-state index in [4.69, 9.17) is 0 Å². The first-order valence-corrected chi connectivity index (χ1v) is 7.65. The highest BCUT2D eigenvalue weighted by molar-refractivity contribution is 5.85. The quantitative estimate of drug-likeness (QED) is 0.621. The zero-order valence-corrected chi connectivity index (χ0v) is 12.5. The van der Waals surface area contributed by atoms with E-state index in [0.29, 0.717) is 17.5 Å². The van der Waals surface area contributed by atoms with E-state index in [9.17, 15) is 8.78 Å². The minimum Gasteiger partial charge on any atom is -0.246 e. The van der Waals surface area contributed by atoms with E-state index in [0.717, 1.165) is 16.5 Å². The van der Waals surface area contributed by atoms with Gasteiger partial charge >= 0.3 is 0 Å². The Balaban J connectivity index is 1.85. The molecule has 1 aromatic heterocycles. The maximum Gasteiger partial charge on any atom is 0.293 e. The Hall–Kier alpha value is -2.55. The third kappa shape index (κ3) is 2.52. The molecule has 1 aliphatic carbocycles. The molecule has 0 unspecified atom stereocenters. The second-order valence-corrected chi connectivity index (χ2v) is 5.88. The largest absolute Gasteiger partial charge is 0.293 e. The molecule has 1 aliphatic rings. The molecule has 0 aliphatic heterocycles. The Morgan fingerprint density at radius 3 is 2.52 bits per heavy atom. The number of para-hydroxylation sites is 1. The Morgan fingerprint density at radius 2 is 1.70 bits per heavy atom. The molecule has 0 N–H and O–H groups in total. The zero-order valence-electron chi connectivity index (χ0n) is 12.5. The van der Waals surface area contributed by atoms with E-state index in [1.807, 2.05) is 54.6 Å². The summed E-state index contributed by atoms with van der Waals surface area (Å²) in [4.78, 5) is 4.27. The van der Waals surface area contributed by atoms with Crippen LogP contribution in [0.15, 0.2) is 66.7 Å². The molecule has 1 nitrogen and oxygen atoms in total. The van der Waals surface area contributed by atoms with Gasteiger partial charge in [0.1, 0.15) is 5.69 Å². The summed E-state index contributed by atoms with van der Waals surface area (Å²) >= 11 is 0. The average molecular weight is 307 g/mol. The smallest absolute Gasteiger partial charge is 0.246 e. The molecule has 0 spiro atoms. The van der Waals surface area contributed by atoms with Crippen molar-refractivity contribution < 1.29 is 8.78 Å². The van der Waals surface area contributed by atoms with Gasteiger partial charge in [-0.3, -0.25) is 0 Å². The van der Waals surface area contributed by atoms with Crippen LogP contribution >= 0.6 is 0 Å². The Morgan fingerprint density at radius 1 is 0.957 bits per heavy atom. The van der Waals surface area contributed by atoms with Crippen molar-refractivity contribution in [1.82, 2.24) is 4.98 Å². The van der Waals surface area contributed by atoms with Gasteiger partial charge in [0.15, 0.2) is 0 Å². The standard InChI is InChI=1S/C20H15F2N/c21-20(22)11-10-15(12-14-6-2-1-3-7-14)17-13-16-8-4-5-9-18(16)23-19(17)20/h1-10,13H,11-12H2. The molecule has 0 saturated carbocycles. The number of halogens is 2. The van der Waals surface area contributed by atoms with Gasteiger partial charge in [0.2, 0.25) is 0 Å². The van der Waals surface area contributed by atoms with Crippen LogP contribution < -0.4 is 0 Å². The molecular weight excluding hydrogens is 292 g/mol. The highest BCUT2D eigenvalue weighted by Gasteiger charge is 2.38. The van der Waals surface area contributed by atoms with E-state index in [1.165, 1.54) is 0 Å². The van der Waals surface area contributed by atoms with Crippen LogP contribution in [0.2, 0.25) is 0 Å². The average Bonchev–Trinajstić information content (AvgIpc) is 2.57. The third-order valence-corrected chi connectivity index (χ3v) is 4.26. The summed E-state index contributed by atoms with van der Waals surface area (Å²) in [6.45, 7) is 0. The number of fused-ring (bicyclic) bond motifs is 2. The lowest BCUT2D eigenvalue weighted by Crippen LogP contribution is -2.21. The maximum atomic E-state index is 14.3. The number of hydrogen-bond donors (Lipinski definition) is 0. The molecule has 1 heterocycles. The molecule has 4 rings (SSSR count). The molecule has 0 atom stereocenters. The number of benzene rings is 2. The lowest BCUT2D eigenvalue weighted by atomic mass is 9.87. The number of pyridine rings is 1. The molecule has 0 saturated heterocycles. The van der Waals surface area contributed by atoms with Crippen LogP contribution in [0.25, 0.3) is 16.5 Å². The molecule has 0 bridgehead atoms. The van der Waals surface area contributed by atoms with Gasteiger partial charge in [0.05, 0.1) is 5.52 Å². The van der Waals surface area contributed by atoms with Gasteiger partial charge in [-0.05, 0) is 29.7 Å². The number of allylic oxidation sites excluding steroid dienone is 2. The fraction of sp³-hybridized carbons (Fsp3) is 0.150. The van der Waals surface area contributed by atoms with E-state index in [1.54, 1.807) is 12.1 Å². The van der Waals surface area contributed by atoms with Gasteiger partial charge in [0.25, 0.3) is 5.92 Å². The van der Waals surface area contributed by atoms with E-state index < -0.39 is 5.92 Å². The summed E-state index contributed by atoms with van der Waals surface area (Å²) in [5, 5.41) is 0.892. The van der Waals surface area contributed by atoms with E-state index >= 15 is 0 Å². The first kappa shape index (κ1) is 14.1. The summed E-state index contributed by atoms with van der Waals surface area (Å²) in [6, 6.07) is 19.2. The van der Waals surface area contributed by atoms with Crippen LogP contribution in [0.3, 0.4) is 0 Å². The Kier molecular flexibility index (Phi) is 3.22. The van der Waals surface area contributed by atoms with Crippen LogP contribution in [0, 0.1) is 0 Å². The highest BCUT2D eigenvalue weighted by Crippen LogP contribution is 2.42. The Bertz CT molecular complexity index is 898. The lowest BCUT2D eigenvalue weighted by molar-refractivity contribution is -0.00687. The lowest BCUT2D eigenvalue weighted by Gasteiger charge is -2.25. The SMILES string of the molecule is FC1(F)CC=C(Cc2ccccc2)c2cc3ccccc3nc21. The predicted molar refractivity (Wildman–Crippen MR) is 88.4 cm³/mol. The van der Waals surface area contributed by atoms with Crippen LogP contribution in [0.4, 0.5) is 8.78 Å². The first-order chi connectivity index (χ1) is 11.1. The van der Waals surface area contributed by atoms with Crippen molar-refractivity contribution in [2.75, 3.05) is 0 Å². The number of aromatic nitrogens is 1. The fourth-order valence-electron chi connectivity index (χ4n) is 3.08. The van der Waals surface area contributed by atoms with Crippen molar-refractivity contribution in [3.8, 4) is 0 Å². The minimum atomic E-state index is -2.90. The molecule has 23 heavy (non-hydrogen) atoms. The maximum absolute atomic E-state index is 14.3.